The van der Waals surface area contributed by atoms with Crippen molar-refractivity contribution >= 4 is 25.7 Å². The molecule has 0 aliphatic heterocycles. The van der Waals surface area contributed by atoms with E-state index in [0.717, 1.165) is 51.4 Å². The van der Waals surface area contributed by atoms with Gasteiger partial charge in [-0.05, 0) is 57.8 Å². The third-order valence-electron chi connectivity index (χ3n) is 9.17. The van der Waals surface area contributed by atoms with E-state index >= 15 is 0 Å². The van der Waals surface area contributed by atoms with Crippen molar-refractivity contribution in [3.8, 4) is 0 Å². The van der Waals surface area contributed by atoms with Crippen molar-refractivity contribution in [3.05, 3.63) is 24.3 Å². The topological polar surface area (TPSA) is 172 Å². The molecule has 0 rings (SSSR count). The summed E-state index contributed by atoms with van der Waals surface area (Å²) in [6.07, 6.45) is 38.1. The summed E-state index contributed by atoms with van der Waals surface area (Å²) >= 11 is 0. The van der Waals surface area contributed by atoms with Crippen LogP contribution in [0.15, 0.2) is 24.3 Å². The Bertz CT molecular complexity index is 1020. The lowest BCUT2D eigenvalue weighted by Crippen LogP contribution is -2.34. The van der Waals surface area contributed by atoms with E-state index in [9.17, 15) is 23.8 Å². The van der Waals surface area contributed by atoms with Gasteiger partial charge in [-0.25, -0.2) is 4.57 Å². The Morgan fingerprint density at radius 3 is 1.41 bits per heavy atom. The van der Waals surface area contributed by atoms with Gasteiger partial charge in [0.25, 0.3) is 0 Å². The van der Waals surface area contributed by atoms with Crippen LogP contribution in [-0.2, 0) is 37.5 Å². The zero-order valence-corrected chi connectivity index (χ0v) is 35.0. The second kappa shape index (κ2) is 37.9. The molecule has 0 aromatic carbocycles. The van der Waals surface area contributed by atoms with Crippen LogP contribution in [0, 0.1) is 0 Å². The summed E-state index contributed by atoms with van der Waals surface area (Å²) in [4.78, 5) is 45.9. The maximum absolute atomic E-state index is 12.6. The predicted octanol–water partition coefficient (Wildman–Crippen LogP) is 11.1. The number of carbonyl (C=O) groups excluding carboxylic acids is 2. The molecule has 11 nitrogen and oxygen atoms in total. The molecule has 4 N–H and O–H groups in total. The van der Waals surface area contributed by atoms with E-state index in [1.54, 1.807) is 0 Å². The molecule has 0 saturated carbocycles. The predicted molar refractivity (Wildman–Crippen MR) is 217 cm³/mol. The first-order chi connectivity index (χ1) is 26.1. The van der Waals surface area contributed by atoms with Gasteiger partial charge in [0.05, 0.1) is 13.2 Å². The van der Waals surface area contributed by atoms with Crippen LogP contribution in [0.25, 0.3) is 0 Å². The number of unbranched alkanes of at least 4 members (excludes halogenated alkanes) is 22. The van der Waals surface area contributed by atoms with Crippen molar-refractivity contribution < 1.29 is 47.5 Å². The van der Waals surface area contributed by atoms with Gasteiger partial charge in [0.15, 0.2) is 6.10 Å². The molecule has 0 aromatic rings. The summed E-state index contributed by atoms with van der Waals surface area (Å²) in [6.45, 7) is 2.76. The lowest BCUT2D eigenvalue weighted by Gasteiger charge is -2.20. The highest BCUT2D eigenvalue weighted by atomic mass is 31.2. The molecule has 3 atom stereocenters. The third-order valence-corrected chi connectivity index (χ3v) is 10.1. The average Bonchev–Trinajstić information content (AvgIpc) is 3.14. The van der Waals surface area contributed by atoms with Gasteiger partial charge >= 0.3 is 25.7 Å². The minimum Gasteiger partial charge on any atom is -0.480 e. The van der Waals surface area contributed by atoms with Gasteiger partial charge in [0.2, 0.25) is 0 Å². The molecule has 0 amide bonds. The Morgan fingerprint density at radius 2 is 0.944 bits per heavy atom. The van der Waals surface area contributed by atoms with E-state index in [-0.39, 0.29) is 19.4 Å². The fourth-order valence-electron chi connectivity index (χ4n) is 5.75. The van der Waals surface area contributed by atoms with Crippen molar-refractivity contribution in [2.24, 2.45) is 5.73 Å². The summed E-state index contributed by atoms with van der Waals surface area (Å²) in [5.74, 6) is -2.38. The van der Waals surface area contributed by atoms with Gasteiger partial charge in [-0.1, -0.05) is 147 Å². The maximum Gasteiger partial charge on any atom is 0.472 e. The zero-order valence-electron chi connectivity index (χ0n) is 34.1. The van der Waals surface area contributed by atoms with Crippen LogP contribution in [-0.4, -0.2) is 59.9 Å². The standard InChI is InChI=1S/C42H78NO10P/c1-3-5-7-9-11-13-15-17-19-21-23-25-27-29-31-33-40(44)50-35-38(36-51-54(48,49)52-37-39(43)42(46)47)53-41(45)34-32-30-28-26-24-22-20-18-16-14-12-10-8-6-4-2/h9,11,14,16,38-39H,3-8,10,12-13,15,17-37,43H2,1-2H3,(H,46,47)(H,48,49)/b11-9+,16-14+/t38-,39+/m1/s1. The monoisotopic (exact) mass is 788 g/mol. The van der Waals surface area contributed by atoms with Gasteiger partial charge < -0.3 is 25.2 Å². The number of ether oxygens (including phenoxy) is 2. The van der Waals surface area contributed by atoms with Crippen molar-refractivity contribution in [2.75, 3.05) is 19.8 Å². The number of allylic oxidation sites excluding steroid dienone is 4. The molecule has 54 heavy (non-hydrogen) atoms. The zero-order chi connectivity index (χ0) is 40.0. The first-order valence-corrected chi connectivity index (χ1v) is 22.9. The number of aliphatic carboxylic acids is 1. The van der Waals surface area contributed by atoms with Gasteiger partial charge in [-0.2, -0.15) is 0 Å². The molecule has 0 aliphatic rings. The van der Waals surface area contributed by atoms with Gasteiger partial charge in [0.1, 0.15) is 12.6 Å². The number of phosphoric acid groups is 1. The quantitative estimate of drug-likeness (QED) is 0.0233. The highest BCUT2D eigenvalue weighted by Crippen LogP contribution is 2.43. The first kappa shape index (κ1) is 52.0. The second-order valence-electron chi connectivity index (χ2n) is 14.5. The van der Waals surface area contributed by atoms with Crippen molar-refractivity contribution in [1.29, 1.82) is 0 Å². The van der Waals surface area contributed by atoms with Gasteiger partial charge in [-0.3, -0.25) is 23.4 Å². The summed E-state index contributed by atoms with van der Waals surface area (Å²) in [7, 11) is -4.71. The van der Waals surface area contributed by atoms with E-state index in [1.807, 2.05) is 0 Å². The Hall–Kier alpha value is -2.04. The van der Waals surface area contributed by atoms with E-state index in [0.29, 0.717) is 12.8 Å². The SMILES string of the molecule is CCCC/C=C/CCCCCCCCCCCC(=O)OC[C@H](COP(=O)(O)OC[C@H](N)C(=O)O)OC(=O)CCCCCCCCC/C=C/CCCCCC. The molecule has 0 heterocycles. The second-order valence-corrected chi connectivity index (χ2v) is 15.9. The number of hydrogen-bond acceptors (Lipinski definition) is 9. The number of phosphoric ester groups is 1. The molecule has 0 saturated heterocycles. The van der Waals surface area contributed by atoms with Gasteiger partial charge in [0, 0.05) is 12.8 Å². The largest absolute Gasteiger partial charge is 0.480 e. The number of carboxylic acid groups (broad SMARTS) is 1. The number of esters is 2. The summed E-state index contributed by atoms with van der Waals surface area (Å²) in [5, 5.41) is 8.88. The Kier molecular flexibility index (Phi) is 36.4. The average molecular weight is 788 g/mol. The minimum atomic E-state index is -4.71. The van der Waals surface area contributed by atoms with Crippen molar-refractivity contribution in [2.45, 2.75) is 206 Å². The Labute approximate surface area is 328 Å². The molecule has 0 bridgehead atoms. The molecule has 1 unspecified atom stereocenters. The number of carboxylic acids is 1. The van der Waals surface area contributed by atoms with Crippen LogP contribution in [0.5, 0.6) is 0 Å². The lowest BCUT2D eigenvalue weighted by molar-refractivity contribution is -0.161. The van der Waals surface area contributed by atoms with Crippen molar-refractivity contribution in [3.63, 3.8) is 0 Å². The number of hydrogen-bond donors (Lipinski definition) is 3. The molecular weight excluding hydrogens is 709 g/mol. The minimum absolute atomic E-state index is 0.157. The molecule has 0 fully saturated rings. The molecule has 0 aromatic heterocycles. The van der Waals surface area contributed by atoms with E-state index in [2.05, 4.69) is 42.7 Å². The van der Waals surface area contributed by atoms with Crippen molar-refractivity contribution in [1.82, 2.24) is 0 Å². The highest BCUT2D eigenvalue weighted by molar-refractivity contribution is 7.47. The Balaban J connectivity index is 4.37. The Morgan fingerprint density at radius 1 is 0.556 bits per heavy atom. The van der Waals surface area contributed by atoms with Crippen LogP contribution in [0.1, 0.15) is 194 Å². The molecular formula is C42H78NO10P. The maximum atomic E-state index is 12.6. The highest BCUT2D eigenvalue weighted by Gasteiger charge is 2.28. The fourth-order valence-corrected chi connectivity index (χ4v) is 6.52. The fraction of sp³-hybridized carbons (Fsp3) is 0.833. The number of nitrogens with two attached hydrogens (primary N) is 1. The molecule has 0 spiro atoms. The summed E-state index contributed by atoms with van der Waals surface area (Å²) in [5.41, 5.74) is 5.33. The van der Waals surface area contributed by atoms with Crippen LogP contribution in [0.4, 0.5) is 0 Å². The van der Waals surface area contributed by atoms with Gasteiger partial charge in [-0.15, -0.1) is 0 Å². The van der Waals surface area contributed by atoms with Crippen LogP contribution < -0.4 is 5.73 Å². The molecule has 0 aliphatic carbocycles. The van der Waals surface area contributed by atoms with Crippen LogP contribution >= 0.6 is 7.82 Å². The summed E-state index contributed by atoms with van der Waals surface area (Å²) < 4.78 is 32.7. The normalized spacial score (nSPS) is 14.0. The smallest absolute Gasteiger partial charge is 0.472 e. The third kappa shape index (κ3) is 36.9. The molecule has 316 valence electrons. The number of carbonyl (C=O) groups is 3. The van der Waals surface area contributed by atoms with E-state index in [4.69, 9.17) is 24.8 Å². The van der Waals surface area contributed by atoms with E-state index < -0.39 is 51.1 Å². The van der Waals surface area contributed by atoms with Crippen LogP contribution in [0.2, 0.25) is 0 Å². The van der Waals surface area contributed by atoms with E-state index in [1.165, 1.54) is 103 Å². The molecule has 12 heteroatoms. The number of rotatable bonds is 40. The van der Waals surface area contributed by atoms with Crippen LogP contribution in [0.3, 0.4) is 0 Å². The summed E-state index contributed by atoms with van der Waals surface area (Å²) in [6, 6.07) is -1.52. The molecule has 0 radical (unpaired) electrons. The first-order valence-electron chi connectivity index (χ1n) is 21.4. The lowest BCUT2D eigenvalue weighted by atomic mass is 10.1.